The number of Topliss-reactive ketones (excluding diaryl/α,β-unsaturated/α-hetero) is 1. The number of carbonyl (C=O) groups is 3. The number of hydrogen-bond donors (Lipinski definition) is 5. The van der Waals surface area contributed by atoms with Crippen molar-refractivity contribution in [2.45, 2.75) is 139 Å². The van der Waals surface area contributed by atoms with Gasteiger partial charge in [-0.05, 0) is 168 Å². The van der Waals surface area contributed by atoms with E-state index in [1.165, 1.54) is 114 Å². The van der Waals surface area contributed by atoms with E-state index in [-0.39, 0.29) is 35.0 Å². The van der Waals surface area contributed by atoms with Crippen molar-refractivity contribution < 1.29 is 14.4 Å². The molecule has 4 saturated heterocycles. The number of likely N-dealkylation sites (tertiary alicyclic amines) is 2. The number of ketones is 1. The van der Waals surface area contributed by atoms with Crippen LogP contribution in [0.4, 0.5) is 34.6 Å². The van der Waals surface area contributed by atoms with E-state index in [2.05, 4.69) is 94.8 Å². The normalized spacial score (nSPS) is 23.1. The highest BCUT2D eigenvalue weighted by atomic mass is 16.1. The maximum Gasteiger partial charge on any atom is 0.271 e. The number of primary amides is 2. The predicted octanol–water partition coefficient (Wildman–Crippen LogP) is 9.08. The summed E-state index contributed by atoms with van der Waals surface area (Å²) in [6.45, 7) is 7.99. The molecule has 0 bridgehead atoms. The van der Waals surface area contributed by atoms with Crippen LogP contribution in [0.25, 0.3) is 0 Å². The van der Waals surface area contributed by atoms with Gasteiger partial charge in [0.05, 0.1) is 12.4 Å². The summed E-state index contributed by atoms with van der Waals surface area (Å²) >= 11 is 0. The number of amides is 2. The topological polar surface area (TPSA) is 218 Å². The molecule has 2 aromatic heterocycles. The molecule has 1 unspecified atom stereocenters. The lowest BCUT2D eigenvalue weighted by Gasteiger charge is -2.36. The summed E-state index contributed by atoms with van der Waals surface area (Å²) in [6.07, 6.45) is 24.0. The molecule has 16 nitrogen and oxygen atoms in total. The molecule has 6 heterocycles. The first kappa shape index (κ1) is 52.6. The quantitative estimate of drug-likeness (QED) is 0.0744. The number of aromatic nitrogens is 4. The maximum absolute atomic E-state index is 13.2. The van der Waals surface area contributed by atoms with Gasteiger partial charge in [-0.1, -0.05) is 74.2 Å². The molecule has 406 valence electrons. The van der Waals surface area contributed by atoms with Crippen LogP contribution in [0.2, 0.25) is 0 Å². The lowest BCUT2D eigenvalue weighted by atomic mass is 9.83. The molecule has 16 heteroatoms. The third-order valence-electron chi connectivity index (χ3n) is 18.2. The van der Waals surface area contributed by atoms with Crippen molar-refractivity contribution in [1.82, 2.24) is 29.7 Å². The summed E-state index contributed by atoms with van der Waals surface area (Å²) in [5, 5.41) is 6.61. The average Bonchev–Trinajstić information content (AvgIpc) is 4.28. The third kappa shape index (κ3) is 12.3. The molecule has 3 aromatic carbocycles. The number of fused-ring (bicyclic) bond motifs is 1. The molecule has 7 aliphatic rings. The van der Waals surface area contributed by atoms with Crippen LogP contribution in [-0.2, 0) is 6.42 Å². The molecule has 3 atom stereocenters. The number of hydrogen-bond acceptors (Lipinski definition) is 14. The average molecular weight is 1040 g/mol. The van der Waals surface area contributed by atoms with Gasteiger partial charge in [0, 0.05) is 67.2 Å². The van der Waals surface area contributed by atoms with Gasteiger partial charge < -0.3 is 47.4 Å². The molecule has 6 fully saturated rings. The van der Waals surface area contributed by atoms with E-state index in [0.29, 0.717) is 35.1 Å². The zero-order valence-electron chi connectivity index (χ0n) is 44.8. The second kappa shape index (κ2) is 24.0. The van der Waals surface area contributed by atoms with E-state index in [1.807, 2.05) is 18.2 Å². The Morgan fingerprint density at radius 2 is 1.00 bits per heavy atom. The van der Waals surface area contributed by atoms with E-state index in [0.717, 1.165) is 92.9 Å². The second-order valence-corrected chi connectivity index (χ2v) is 23.1. The van der Waals surface area contributed by atoms with Crippen molar-refractivity contribution in [1.29, 1.82) is 0 Å². The number of rotatable bonds is 13. The second-order valence-electron chi connectivity index (χ2n) is 23.1. The van der Waals surface area contributed by atoms with Crippen LogP contribution < -0.4 is 37.6 Å². The van der Waals surface area contributed by atoms with E-state index >= 15 is 0 Å². The standard InChI is InChI=1S/C35H42N6O2.C26H37N7O/c36-34(43)32-35(38-27-13-11-23(12-14-27)24-15-18-40(19-16-24)28-8-2-3-9-28)39-31(21-37-32)41-17-5-7-26(22-41)30-20-25-6-1-4-10-29(25)33(30)42;27-20-4-3-13-33(17-20)23-16-29-24(25(28)34)26(31-23)30-21-9-7-18(8-10-21)19-11-14-32(15-12-19)22-5-1-2-6-22/h1,4,6,10-14,21,24,26,28,30H,2-3,5,7-9,15-20,22H2,(H2,36,43)(H,38,39);7-10,16,19-20,22H,1-6,11-15,17,27H2,(H2,28,34)(H,30,31)/t26-,30?;20-/m11/s1. The van der Waals surface area contributed by atoms with Gasteiger partial charge in [0.2, 0.25) is 0 Å². The van der Waals surface area contributed by atoms with E-state index in [4.69, 9.17) is 27.2 Å². The minimum Gasteiger partial charge on any atom is -0.364 e. The molecule has 8 N–H and O–H groups in total. The summed E-state index contributed by atoms with van der Waals surface area (Å²) in [5.74, 6) is 2.68. The van der Waals surface area contributed by atoms with Gasteiger partial charge >= 0.3 is 0 Å². The molecular weight excluding hydrogens is 963 g/mol. The van der Waals surface area contributed by atoms with Crippen molar-refractivity contribution in [3.63, 3.8) is 0 Å². The molecule has 77 heavy (non-hydrogen) atoms. The number of benzene rings is 3. The molecule has 0 radical (unpaired) electrons. The first-order chi connectivity index (χ1) is 37.6. The van der Waals surface area contributed by atoms with Crippen molar-refractivity contribution in [2.75, 3.05) is 72.8 Å². The first-order valence-corrected chi connectivity index (χ1v) is 29.0. The summed E-state index contributed by atoms with van der Waals surface area (Å²) in [7, 11) is 0. The number of anilines is 6. The Morgan fingerprint density at radius 1 is 0.532 bits per heavy atom. The molecule has 5 aromatic rings. The zero-order chi connectivity index (χ0) is 52.8. The largest absolute Gasteiger partial charge is 0.364 e. The van der Waals surface area contributed by atoms with E-state index in [9.17, 15) is 14.4 Å². The minimum atomic E-state index is -0.613. The van der Waals surface area contributed by atoms with Crippen LogP contribution in [0.1, 0.15) is 163 Å². The van der Waals surface area contributed by atoms with Gasteiger partial charge in [-0.25, -0.2) is 19.9 Å². The lowest BCUT2D eigenvalue weighted by molar-refractivity contribution is 0.0881. The lowest BCUT2D eigenvalue weighted by Crippen LogP contribution is -2.43. The molecular formula is C61H79N13O3. The minimum absolute atomic E-state index is 0.00380. The van der Waals surface area contributed by atoms with Crippen LogP contribution in [0, 0.1) is 11.8 Å². The summed E-state index contributed by atoms with van der Waals surface area (Å²) in [6, 6.07) is 26.8. The summed E-state index contributed by atoms with van der Waals surface area (Å²) < 4.78 is 0. The molecule has 12 rings (SSSR count). The van der Waals surface area contributed by atoms with Crippen LogP contribution in [0.15, 0.2) is 85.2 Å². The van der Waals surface area contributed by atoms with Crippen LogP contribution in [-0.4, -0.2) is 118 Å². The van der Waals surface area contributed by atoms with Crippen molar-refractivity contribution >= 4 is 52.2 Å². The monoisotopic (exact) mass is 1040 g/mol. The molecule has 4 aliphatic heterocycles. The number of nitrogens with zero attached hydrogens (tertiary/aromatic N) is 8. The van der Waals surface area contributed by atoms with Crippen LogP contribution in [0.5, 0.6) is 0 Å². The van der Waals surface area contributed by atoms with E-state index < -0.39 is 11.8 Å². The number of piperidine rings is 4. The van der Waals surface area contributed by atoms with Gasteiger partial charge in [-0.15, -0.1) is 0 Å². The van der Waals surface area contributed by atoms with Gasteiger partial charge in [-0.2, -0.15) is 0 Å². The van der Waals surface area contributed by atoms with Gasteiger partial charge in [0.1, 0.15) is 11.6 Å². The van der Waals surface area contributed by atoms with Crippen molar-refractivity contribution in [3.05, 3.63) is 119 Å². The molecule has 0 spiro atoms. The Balaban J connectivity index is 0.000000169. The van der Waals surface area contributed by atoms with Crippen LogP contribution >= 0.6 is 0 Å². The van der Waals surface area contributed by atoms with Crippen molar-refractivity contribution in [2.24, 2.45) is 29.0 Å². The summed E-state index contributed by atoms with van der Waals surface area (Å²) in [5.41, 5.74) is 24.2. The fourth-order valence-electron chi connectivity index (χ4n) is 13.9. The fraction of sp³-hybridized carbons (Fsp3) is 0.525. The zero-order valence-corrected chi connectivity index (χ0v) is 44.8. The highest BCUT2D eigenvalue weighted by Crippen LogP contribution is 2.39. The highest BCUT2D eigenvalue weighted by Gasteiger charge is 2.39. The van der Waals surface area contributed by atoms with Gasteiger partial charge in [0.25, 0.3) is 11.8 Å². The summed E-state index contributed by atoms with van der Waals surface area (Å²) in [4.78, 5) is 65.5. The smallest absolute Gasteiger partial charge is 0.271 e. The van der Waals surface area contributed by atoms with Crippen LogP contribution in [0.3, 0.4) is 0 Å². The molecule has 2 saturated carbocycles. The number of nitrogens with two attached hydrogens (primary N) is 3. The Hall–Kier alpha value is -6.49. The third-order valence-corrected chi connectivity index (χ3v) is 18.2. The van der Waals surface area contributed by atoms with Gasteiger partial charge in [0.15, 0.2) is 28.8 Å². The van der Waals surface area contributed by atoms with Gasteiger partial charge in [-0.3, -0.25) is 14.4 Å². The Morgan fingerprint density at radius 3 is 1.47 bits per heavy atom. The Labute approximate surface area is 454 Å². The Kier molecular flexibility index (Phi) is 16.4. The molecule has 3 aliphatic carbocycles. The number of carbonyl (C=O) groups excluding carboxylic acids is 3. The molecule has 2 amide bonds. The van der Waals surface area contributed by atoms with Crippen molar-refractivity contribution in [3.8, 4) is 0 Å². The maximum atomic E-state index is 13.2. The number of nitrogens with one attached hydrogen (secondary N) is 2. The predicted molar refractivity (Wildman–Crippen MR) is 304 cm³/mol. The first-order valence-electron chi connectivity index (χ1n) is 29.0. The highest BCUT2D eigenvalue weighted by molar-refractivity contribution is 6.02. The fourth-order valence-corrected chi connectivity index (χ4v) is 13.9. The SMILES string of the molecule is NC(=O)c1ncc(N2CCC[C@@H](C3Cc4ccccc4C3=O)C2)nc1Nc1ccc(C2CCN(C3CCCC3)CC2)cc1.NC(=O)c1ncc(N2CCC[C@@H](N)C2)nc1Nc1ccc(C2CCN(C3CCCC3)CC2)cc1. The van der Waals surface area contributed by atoms with E-state index in [1.54, 1.807) is 12.4 Å². The Bertz CT molecular complexity index is 2840.